The third-order valence-electron chi connectivity index (χ3n) is 2.88. The van der Waals surface area contributed by atoms with Gasteiger partial charge in [-0.15, -0.1) is 0 Å². The molecule has 74 valence electrons. The average molecular weight is 188 g/mol. The van der Waals surface area contributed by atoms with Crippen molar-refractivity contribution in [3.05, 3.63) is 0 Å². The molecule has 2 nitrogen and oxygen atoms in total. The summed E-state index contributed by atoms with van der Waals surface area (Å²) in [7, 11) is 2.92. The summed E-state index contributed by atoms with van der Waals surface area (Å²) in [6.07, 6.45) is 0. The molecule has 0 fully saturated rings. The molecule has 0 aromatic rings. The summed E-state index contributed by atoms with van der Waals surface area (Å²) >= 11 is 0. The molecule has 1 unspecified atom stereocenters. The Hall–Kier alpha value is 0.137. The minimum Gasteiger partial charge on any atom is -0.325 e. The summed E-state index contributed by atoms with van der Waals surface area (Å²) in [5.74, 6) is 0. The van der Waals surface area contributed by atoms with E-state index in [9.17, 15) is 0 Å². The summed E-state index contributed by atoms with van der Waals surface area (Å²) in [6.45, 7) is 12.6. The van der Waals surface area contributed by atoms with Crippen molar-refractivity contribution in [1.82, 2.24) is 9.55 Å². The van der Waals surface area contributed by atoms with Gasteiger partial charge >= 0.3 is 0 Å². The predicted molar refractivity (Wildman–Crippen MR) is 58.7 cm³/mol. The number of hydrogen-bond acceptors (Lipinski definition) is 2. The van der Waals surface area contributed by atoms with Crippen LogP contribution < -0.4 is 4.98 Å². The fourth-order valence-electron chi connectivity index (χ4n) is 1.44. The van der Waals surface area contributed by atoms with Crippen molar-refractivity contribution in [1.29, 1.82) is 0 Å². The van der Waals surface area contributed by atoms with Crippen molar-refractivity contribution in [2.75, 3.05) is 20.6 Å². The first-order valence-corrected chi connectivity index (χ1v) is 7.13. The highest BCUT2D eigenvalue weighted by atomic mass is 28.3. The molecule has 0 aliphatic carbocycles. The molecule has 0 rings (SSSR count). The van der Waals surface area contributed by atoms with E-state index in [2.05, 4.69) is 57.9 Å². The zero-order valence-corrected chi connectivity index (χ0v) is 10.7. The molecule has 0 bridgehead atoms. The minimum absolute atomic E-state index is 0.381. The molecule has 0 spiro atoms. The third kappa shape index (κ3) is 2.31. The number of hydrogen-bond donors (Lipinski definition) is 1. The van der Waals surface area contributed by atoms with Gasteiger partial charge in [0.05, 0.1) is 0 Å². The molecule has 1 N–H and O–H groups in total. The molecule has 12 heavy (non-hydrogen) atoms. The van der Waals surface area contributed by atoms with Crippen LogP contribution in [0.2, 0.25) is 11.6 Å². The molecule has 3 heteroatoms. The molecule has 0 heterocycles. The van der Waals surface area contributed by atoms with Crippen LogP contribution >= 0.6 is 0 Å². The van der Waals surface area contributed by atoms with Crippen LogP contribution in [0.25, 0.3) is 0 Å². The van der Waals surface area contributed by atoms with E-state index >= 15 is 0 Å². The van der Waals surface area contributed by atoms with Crippen LogP contribution in [0.5, 0.6) is 0 Å². The summed E-state index contributed by atoms with van der Waals surface area (Å²) in [5, 5.41) is 0.381. The van der Waals surface area contributed by atoms with Crippen molar-refractivity contribution in [3.63, 3.8) is 0 Å². The van der Waals surface area contributed by atoms with Crippen LogP contribution in [0.1, 0.15) is 27.7 Å². The van der Waals surface area contributed by atoms with Gasteiger partial charge in [-0.1, -0.05) is 27.7 Å². The Morgan fingerprint density at radius 1 is 1.25 bits per heavy atom. The van der Waals surface area contributed by atoms with Gasteiger partial charge < -0.3 is 9.55 Å². The van der Waals surface area contributed by atoms with Gasteiger partial charge in [-0.25, -0.2) is 0 Å². The highest BCUT2D eigenvalue weighted by molar-refractivity contribution is 6.76. The molecule has 0 radical (unpaired) electrons. The second-order valence-corrected chi connectivity index (χ2v) is 9.64. The molecule has 0 aliphatic rings. The predicted octanol–water partition coefficient (Wildman–Crippen LogP) is 2.03. The third-order valence-corrected chi connectivity index (χ3v) is 8.63. The quantitative estimate of drug-likeness (QED) is 0.682. The van der Waals surface area contributed by atoms with Crippen LogP contribution in [0, 0.1) is 0 Å². The molecule has 0 saturated heterocycles. The van der Waals surface area contributed by atoms with Crippen molar-refractivity contribution < 1.29 is 0 Å². The van der Waals surface area contributed by atoms with Crippen LogP contribution in [0.3, 0.4) is 0 Å². The number of nitrogens with zero attached hydrogens (tertiary/aromatic N) is 1. The van der Waals surface area contributed by atoms with Crippen molar-refractivity contribution in [3.8, 4) is 0 Å². The Bertz CT molecular complexity index is 140. The zero-order chi connectivity index (χ0) is 9.99. The highest BCUT2D eigenvalue weighted by Crippen LogP contribution is 2.34. The molecule has 0 saturated carbocycles. The second kappa shape index (κ2) is 3.90. The van der Waals surface area contributed by atoms with Gasteiger partial charge in [0.15, 0.2) is 0 Å². The van der Waals surface area contributed by atoms with Crippen molar-refractivity contribution >= 4 is 8.40 Å². The van der Waals surface area contributed by atoms with Crippen LogP contribution in [-0.2, 0) is 0 Å². The first-order valence-electron chi connectivity index (χ1n) is 4.68. The lowest BCUT2D eigenvalue weighted by atomic mass is 10.2. The van der Waals surface area contributed by atoms with Crippen molar-refractivity contribution in [2.24, 2.45) is 0 Å². The van der Waals surface area contributed by atoms with Crippen molar-refractivity contribution in [2.45, 2.75) is 39.3 Å². The number of nitrogens with one attached hydrogen (secondary N) is 1. The van der Waals surface area contributed by atoms with E-state index in [0.717, 1.165) is 6.54 Å². The fourth-order valence-corrected chi connectivity index (χ4v) is 4.31. The van der Waals surface area contributed by atoms with E-state index in [1.165, 1.54) is 0 Å². The summed E-state index contributed by atoms with van der Waals surface area (Å²) in [6, 6.07) is 0. The Labute approximate surface area is 78.5 Å². The van der Waals surface area contributed by atoms with Gasteiger partial charge in [0, 0.05) is 0 Å². The normalized spacial score (nSPS) is 18.0. The van der Waals surface area contributed by atoms with Gasteiger partial charge in [0.2, 0.25) is 8.40 Å². The van der Waals surface area contributed by atoms with E-state index in [0.29, 0.717) is 5.04 Å². The van der Waals surface area contributed by atoms with Gasteiger partial charge in [0.1, 0.15) is 0 Å². The summed E-state index contributed by atoms with van der Waals surface area (Å²) in [4.78, 5) is 3.66. The maximum Gasteiger partial charge on any atom is 0.205 e. The van der Waals surface area contributed by atoms with E-state index in [1.54, 1.807) is 0 Å². The average Bonchev–Trinajstić information content (AvgIpc) is 1.85. The highest BCUT2D eigenvalue weighted by Gasteiger charge is 2.42. The molecule has 1 atom stereocenters. The van der Waals surface area contributed by atoms with Gasteiger partial charge in [-0.3, -0.25) is 0 Å². The first-order chi connectivity index (χ1) is 5.25. The van der Waals surface area contributed by atoms with Crippen LogP contribution in [0.15, 0.2) is 0 Å². The minimum atomic E-state index is -1.45. The monoisotopic (exact) mass is 188 g/mol. The van der Waals surface area contributed by atoms with Gasteiger partial charge in [0.25, 0.3) is 0 Å². The zero-order valence-electron chi connectivity index (χ0n) is 9.65. The molecular weight excluding hydrogens is 164 g/mol. The smallest absolute Gasteiger partial charge is 0.205 e. The fraction of sp³-hybridized carbons (Fsp3) is 1.00. The second-order valence-electron chi connectivity index (χ2n) is 4.75. The van der Waals surface area contributed by atoms with E-state index in [4.69, 9.17) is 0 Å². The topological polar surface area (TPSA) is 15.3 Å². The summed E-state index contributed by atoms with van der Waals surface area (Å²) < 4.78 is 2.39. The number of rotatable bonds is 3. The Balaban J connectivity index is 4.62. The molecule has 0 aliphatic heterocycles. The summed E-state index contributed by atoms with van der Waals surface area (Å²) in [5.41, 5.74) is 0. The largest absolute Gasteiger partial charge is 0.325 e. The maximum absolute atomic E-state index is 3.66. The first kappa shape index (κ1) is 12.1. The lowest BCUT2D eigenvalue weighted by Crippen LogP contribution is -2.64. The van der Waals surface area contributed by atoms with Gasteiger partial charge in [-0.2, -0.15) is 0 Å². The SMILES string of the molecule is CCN[Si](C)(N(C)C)C(C)(C)C. The lowest BCUT2D eigenvalue weighted by molar-refractivity contribution is 0.519. The van der Waals surface area contributed by atoms with E-state index in [1.807, 2.05) is 0 Å². The molecular formula is C9H24N2Si. The lowest BCUT2D eigenvalue weighted by Gasteiger charge is -2.44. The maximum atomic E-state index is 3.66. The Morgan fingerprint density at radius 2 is 1.67 bits per heavy atom. The molecule has 0 amide bonds. The molecule has 0 aromatic carbocycles. The van der Waals surface area contributed by atoms with E-state index < -0.39 is 8.40 Å². The van der Waals surface area contributed by atoms with Crippen LogP contribution in [-0.4, -0.2) is 33.6 Å². The van der Waals surface area contributed by atoms with Gasteiger partial charge in [-0.05, 0) is 32.2 Å². The van der Waals surface area contributed by atoms with Crippen LogP contribution in [0.4, 0.5) is 0 Å². The Morgan fingerprint density at radius 3 is 1.75 bits per heavy atom. The Kier molecular flexibility index (Phi) is 3.94. The van der Waals surface area contributed by atoms with E-state index in [-0.39, 0.29) is 0 Å². The molecule has 0 aromatic heterocycles. The standard InChI is InChI=1S/C9H24N2Si/c1-8-10-12(7,11(5)6)9(2,3)4/h10H,8H2,1-7H3.